The van der Waals surface area contributed by atoms with Gasteiger partial charge in [0.2, 0.25) is 11.8 Å². The number of halogens is 1. The molecule has 3 rings (SSSR count). The Morgan fingerprint density at radius 1 is 1.24 bits per heavy atom. The van der Waals surface area contributed by atoms with Gasteiger partial charge in [-0.1, -0.05) is 12.1 Å². The third-order valence-electron chi connectivity index (χ3n) is 6.67. The first-order valence-corrected chi connectivity index (χ1v) is 12.3. The maximum Gasteiger partial charge on any atom is 0.305 e. The van der Waals surface area contributed by atoms with Crippen LogP contribution in [0.25, 0.3) is 0 Å². The van der Waals surface area contributed by atoms with Crippen molar-refractivity contribution in [1.82, 2.24) is 15.5 Å². The van der Waals surface area contributed by atoms with E-state index >= 15 is 0 Å². The van der Waals surface area contributed by atoms with Crippen LogP contribution in [-0.2, 0) is 14.4 Å². The van der Waals surface area contributed by atoms with Gasteiger partial charge in [0.25, 0.3) is 0 Å². The number of amides is 2. The van der Waals surface area contributed by atoms with Gasteiger partial charge < -0.3 is 25.4 Å². The van der Waals surface area contributed by atoms with E-state index in [1.807, 2.05) is 0 Å². The highest BCUT2D eigenvalue weighted by atomic mass is 19.1. The van der Waals surface area contributed by atoms with Crippen LogP contribution in [0.1, 0.15) is 56.6 Å². The van der Waals surface area contributed by atoms with Gasteiger partial charge in [0.1, 0.15) is 19.0 Å². The lowest BCUT2D eigenvalue weighted by molar-refractivity contribution is -0.138. The van der Waals surface area contributed by atoms with Crippen molar-refractivity contribution in [2.75, 3.05) is 39.5 Å². The van der Waals surface area contributed by atoms with Gasteiger partial charge in [-0.3, -0.25) is 14.4 Å². The molecule has 2 aliphatic heterocycles. The van der Waals surface area contributed by atoms with E-state index in [0.29, 0.717) is 43.2 Å². The number of benzene rings is 1. The van der Waals surface area contributed by atoms with E-state index in [0.717, 1.165) is 38.8 Å². The topological polar surface area (TPSA) is 108 Å². The summed E-state index contributed by atoms with van der Waals surface area (Å²) in [5.74, 6) is -0.580. The lowest BCUT2D eigenvalue weighted by Gasteiger charge is -2.33. The standard InChI is InChI=1S/C25H36FN3O5/c26-10-14-34-21-5-1-3-19(15-21)22(16-24(31)32)28-25(33)20-4-2-13-29(17-20)23(30)7-6-18-8-11-27-12-9-18/h1,3,5,15,18,20,22,27H,2,4,6-14,16-17H2,(H,28,33)(H,31,32)/t20-,22?/m1/s1. The number of hydrogen-bond acceptors (Lipinski definition) is 5. The summed E-state index contributed by atoms with van der Waals surface area (Å²) in [6, 6.07) is 5.94. The number of carboxylic acid groups (broad SMARTS) is 1. The van der Waals surface area contributed by atoms with Crippen LogP contribution >= 0.6 is 0 Å². The number of likely N-dealkylation sites (tertiary alicyclic amines) is 1. The lowest BCUT2D eigenvalue weighted by atomic mass is 9.92. The molecular formula is C25H36FN3O5. The third-order valence-corrected chi connectivity index (χ3v) is 6.67. The van der Waals surface area contributed by atoms with E-state index in [1.54, 1.807) is 29.2 Å². The summed E-state index contributed by atoms with van der Waals surface area (Å²) in [5.41, 5.74) is 0.581. The van der Waals surface area contributed by atoms with E-state index in [2.05, 4.69) is 10.6 Å². The molecule has 0 radical (unpaired) electrons. The summed E-state index contributed by atoms with van der Waals surface area (Å²) in [4.78, 5) is 39.1. The fraction of sp³-hybridized carbons (Fsp3) is 0.640. The van der Waals surface area contributed by atoms with Crippen LogP contribution in [0.2, 0.25) is 0 Å². The molecule has 2 saturated heterocycles. The second kappa shape index (κ2) is 13.3. The van der Waals surface area contributed by atoms with Crippen LogP contribution in [-0.4, -0.2) is 67.3 Å². The molecule has 0 spiro atoms. The minimum Gasteiger partial charge on any atom is -0.491 e. The average molecular weight is 478 g/mol. The van der Waals surface area contributed by atoms with Gasteiger partial charge in [-0.05, 0) is 68.8 Å². The Kier molecular flexibility index (Phi) is 10.1. The normalized spacial score (nSPS) is 19.9. The predicted octanol–water partition coefficient (Wildman–Crippen LogP) is 2.69. The molecule has 2 heterocycles. The Labute approximate surface area is 200 Å². The molecule has 3 N–H and O–H groups in total. The second-order valence-electron chi connectivity index (χ2n) is 9.18. The molecule has 0 saturated carbocycles. The average Bonchev–Trinajstić information content (AvgIpc) is 2.86. The van der Waals surface area contributed by atoms with Crippen LogP contribution in [0, 0.1) is 11.8 Å². The quantitative estimate of drug-likeness (QED) is 0.452. The molecule has 0 aliphatic carbocycles. The number of aliphatic carboxylic acids is 1. The maximum atomic E-state index is 13.1. The molecule has 34 heavy (non-hydrogen) atoms. The molecule has 0 aromatic heterocycles. The first-order chi connectivity index (χ1) is 16.5. The minimum absolute atomic E-state index is 0.0934. The number of carbonyl (C=O) groups excluding carboxylic acids is 2. The summed E-state index contributed by atoms with van der Waals surface area (Å²) in [5, 5.41) is 15.6. The molecule has 2 fully saturated rings. The zero-order chi connectivity index (χ0) is 24.3. The summed E-state index contributed by atoms with van der Waals surface area (Å²) in [7, 11) is 0. The van der Waals surface area contributed by atoms with Gasteiger partial charge in [0.15, 0.2) is 0 Å². The number of ether oxygens (including phenoxy) is 1. The number of carbonyl (C=O) groups is 3. The highest BCUT2D eigenvalue weighted by Crippen LogP contribution is 2.25. The van der Waals surface area contributed by atoms with Crippen molar-refractivity contribution in [1.29, 1.82) is 0 Å². The Morgan fingerprint density at radius 2 is 2.03 bits per heavy atom. The van der Waals surface area contributed by atoms with Crippen molar-refractivity contribution in [3.05, 3.63) is 29.8 Å². The van der Waals surface area contributed by atoms with Gasteiger partial charge in [-0.2, -0.15) is 0 Å². The first-order valence-electron chi connectivity index (χ1n) is 12.3. The molecule has 2 atom stereocenters. The molecule has 1 unspecified atom stereocenters. The highest BCUT2D eigenvalue weighted by molar-refractivity contribution is 5.82. The molecule has 2 amide bonds. The molecule has 1 aromatic carbocycles. The number of piperidine rings is 2. The van der Waals surface area contributed by atoms with Crippen molar-refractivity contribution >= 4 is 17.8 Å². The highest BCUT2D eigenvalue weighted by Gasteiger charge is 2.30. The molecule has 188 valence electrons. The van der Waals surface area contributed by atoms with Gasteiger partial charge in [-0.15, -0.1) is 0 Å². The zero-order valence-corrected chi connectivity index (χ0v) is 19.6. The largest absolute Gasteiger partial charge is 0.491 e. The lowest BCUT2D eigenvalue weighted by Crippen LogP contribution is -2.46. The van der Waals surface area contributed by atoms with Crippen molar-refractivity contribution in [2.24, 2.45) is 11.8 Å². The zero-order valence-electron chi connectivity index (χ0n) is 19.6. The first kappa shape index (κ1) is 25.9. The number of alkyl halides is 1. The monoisotopic (exact) mass is 477 g/mol. The van der Waals surface area contributed by atoms with Gasteiger partial charge in [0.05, 0.1) is 18.4 Å². The van der Waals surface area contributed by atoms with Crippen LogP contribution in [0.3, 0.4) is 0 Å². The fourth-order valence-corrected chi connectivity index (χ4v) is 4.77. The summed E-state index contributed by atoms with van der Waals surface area (Å²) >= 11 is 0. The maximum absolute atomic E-state index is 13.1. The van der Waals surface area contributed by atoms with Gasteiger partial charge in [-0.25, -0.2) is 4.39 Å². The van der Waals surface area contributed by atoms with Gasteiger partial charge >= 0.3 is 5.97 Å². The van der Waals surface area contributed by atoms with E-state index < -0.39 is 18.7 Å². The number of carboxylic acids is 1. The Hall–Kier alpha value is -2.68. The van der Waals surface area contributed by atoms with E-state index in [4.69, 9.17) is 4.74 Å². The number of hydrogen-bond donors (Lipinski definition) is 3. The van der Waals surface area contributed by atoms with Crippen LogP contribution in [0.15, 0.2) is 24.3 Å². The Morgan fingerprint density at radius 3 is 2.76 bits per heavy atom. The Bertz CT molecular complexity index is 831. The van der Waals surface area contributed by atoms with Gasteiger partial charge in [0, 0.05) is 19.5 Å². The van der Waals surface area contributed by atoms with E-state index in [1.165, 1.54) is 0 Å². The van der Waals surface area contributed by atoms with Crippen LogP contribution < -0.4 is 15.4 Å². The molecule has 9 heteroatoms. The summed E-state index contributed by atoms with van der Waals surface area (Å²) < 4.78 is 17.7. The van der Waals surface area contributed by atoms with Crippen molar-refractivity contribution in [3.8, 4) is 5.75 Å². The molecule has 8 nitrogen and oxygen atoms in total. The van der Waals surface area contributed by atoms with Crippen LogP contribution in [0.4, 0.5) is 4.39 Å². The molecule has 0 bridgehead atoms. The molecular weight excluding hydrogens is 441 g/mol. The minimum atomic E-state index is -1.04. The summed E-state index contributed by atoms with van der Waals surface area (Å²) in [6.45, 7) is 2.30. The molecule has 1 aromatic rings. The predicted molar refractivity (Wildman–Crippen MR) is 125 cm³/mol. The van der Waals surface area contributed by atoms with E-state index in [9.17, 15) is 23.9 Å². The SMILES string of the molecule is O=C(O)CC(NC(=O)[C@@H]1CCCN(C(=O)CCC2CCNCC2)C1)c1cccc(OCCF)c1. The molecule has 2 aliphatic rings. The van der Waals surface area contributed by atoms with Crippen molar-refractivity contribution < 1.29 is 28.6 Å². The number of nitrogens with zero attached hydrogens (tertiary/aromatic N) is 1. The van der Waals surface area contributed by atoms with E-state index in [-0.39, 0.29) is 30.8 Å². The third kappa shape index (κ3) is 7.97. The summed E-state index contributed by atoms with van der Waals surface area (Å²) in [6.07, 6.45) is 4.70. The van der Waals surface area contributed by atoms with Crippen LogP contribution in [0.5, 0.6) is 5.75 Å². The van der Waals surface area contributed by atoms with Crippen molar-refractivity contribution in [2.45, 2.75) is 51.0 Å². The number of nitrogens with one attached hydrogen (secondary N) is 2. The fourth-order valence-electron chi connectivity index (χ4n) is 4.77. The van der Waals surface area contributed by atoms with Crippen molar-refractivity contribution in [3.63, 3.8) is 0 Å². The Balaban J connectivity index is 1.57. The smallest absolute Gasteiger partial charge is 0.305 e. The second-order valence-corrected chi connectivity index (χ2v) is 9.18. The number of rotatable bonds is 11.